The number of sulfone groups is 1. The molecule has 0 aromatic heterocycles. The van der Waals surface area contributed by atoms with E-state index in [-0.39, 0.29) is 11.3 Å². The van der Waals surface area contributed by atoms with Crippen molar-refractivity contribution < 1.29 is 8.42 Å². The largest absolute Gasteiger partial charge is 0.312 e. The highest BCUT2D eigenvalue weighted by atomic mass is 32.2. The molecule has 0 aromatic rings. The summed E-state index contributed by atoms with van der Waals surface area (Å²) >= 11 is 0. The van der Waals surface area contributed by atoms with Crippen molar-refractivity contribution in [3.8, 4) is 11.8 Å². The van der Waals surface area contributed by atoms with Gasteiger partial charge in [-0.2, -0.15) is 0 Å². The third-order valence-electron chi connectivity index (χ3n) is 2.21. The van der Waals surface area contributed by atoms with Crippen LogP contribution in [-0.2, 0) is 9.84 Å². The predicted molar refractivity (Wildman–Crippen MR) is 59.8 cm³/mol. The van der Waals surface area contributed by atoms with E-state index in [4.69, 9.17) is 0 Å². The average Bonchev–Trinajstić information content (AvgIpc) is 2.09. The van der Waals surface area contributed by atoms with Crippen LogP contribution in [0.25, 0.3) is 0 Å². The van der Waals surface area contributed by atoms with Crippen LogP contribution in [0.4, 0.5) is 0 Å². The molecule has 0 rings (SSSR count). The lowest BCUT2D eigenvalue weighted by Gasteiger charge is -2.21. The van der Waals surface area contributed by atoms with Gasteiger partial charge in [-0.1, -0.05) is 6.92 Å². The molecule has 0 radical (unpaired) electrons. The molecule has 2 atom stereocenters. The fraction of sp³-hybridized carbons (Fsp3) is 0.800. The maximum atomic E-state index is 11.3. The number of hydrogen-bond donors (Lipinski definition) is 1. The lowest BCUT2D eigenvalue weighted by atomic mass is 10.1. The van der Waals surface area contributed by atoms with Gasteiger partial charge in [0.25, 0.3) is 0 Å². The van der Waals surface area contributed by atoms with Crippen LogP contribution in [0, 0.1) is 11.8 Å². The zero-order valence-corrected chi connectivity index (χ0v) is 10.1. The van der Waals surface area contributed by atoms with Crippen LogP contribution in [0.2, 0.25) is 0 Å². The van der Waals surface area contributed by atoms with Crippen molar-refractivity contribution in [2.45, 2.75) is 38.5 Å². The van der Waals surface area contributed by atoms with E-state index in [0.29, 0.717) is 6.42 Å². The molecule has 0 bridgehead atoms. The molecule has 1 N–H and O–H groups in total. The molecule has 0 amide bonds. The van der Waals surface area contributed by atoms with Crippen LogP contribution in [-0.4, -0.2) is 32.5 Å². The zero-order valence-electron chi connectivity index (χ0n) is 9.29. The minimum Gasteiger partial charge on any atom is -0.312 e. The Labute approximate surface area is 87.2 Å². The van der Waals surface area contributed by atoms with E-state index in [0.717, 1.165) is 6.54 Å². The van der Waals surface area contributed by atoms with Crippen LogP contribution in [0.3, 0.4) is 0 Å². The highest BCUT2D eigenvalue weighted by Gasteiger charge is 2.24. The summed E-state index contributed by atoms with van der Waals surface area (Å²) in [5.41, 5.74) is 0. The van der Waals surface area contributed by atoms with E-state index in [9.17, 15) is 8.42 Å². The van der Waals surface area contributed by atoms with E-state index >= 15 is 0 Å². The Morgan fingerprint density at radius 3 is 2.36 bits per heavy atom. The molecule has 0 aliphatic carbocycles. The highest BCUT2D eigenvalue weighted by molar-refractivity contribution is 7.91. The van der Waals surface area contributed by atoms with Gasteiger partial charge < -0.3 is 5.32 Å². The molecule has 0 fully saturated rings. The van der Waals surface area contributed by atoms with E-state index in [1.165, 1.54) is 6.26 Å². The first-order valence-corrected chi connectivity index (χ1v) is 6.70. The molecule has 82 valence electrons. The number of rotatable bonds is 5. The summed E-state index contributed by atoms with van der Waals surface area (Å²) in [5, 5.41) is 2.76. The molecule has 0 spiro atoms. The lowest BCUT2D eigenvalue weighted by Crippen LogP contribution is -2.41. The Bertz CT molecular complexity index is 311. The SMILES string of the molecule is CC#CCC(NCC)C(C)S(C)(=O)=O. The van der Waals surface area contributed by atoms with Crippen LogP contribution in [0.5, 0.6) is 0 Å². The second-order valence-corrected chi connectivity index (χ2v) is 5.73. The number of nitrogens with one attached hydrogen (secondary N) is 1. The minimum atomic E-state index is -2.98. The molecule has 0 aromatic carbocycles. The Hall–Kier alpha value is -0.530. The Morgan fingerprint density at radius 1 is 1.43 bits per heavy atom. The van der Waals surface area contributed by atoms with Gasteiger partial charge in [0.05, 0.1) is 5.25 Å². The summed E-state index contributed by atoms with van der Waals surface area (Å²) in [6, 6.07) is -0.0672. The molecule has 0 aliphatic rings. The van der Waals surface area contributed by atoms with E-state index in [1.54, 1.807) is 13.8 Å². The summed E-state index contributed by atoms with van der Waals surface area (Å²) < 4.78 is 22.6. The monoisotopic (exact) mass is 217 g/mol. The molecule has 2 unspecified atom stereocenters. The second kappa shape index (κ2) is 6.05. The molecular weight excluding hydrogens is 198 g/mol. The quantitative estimate of drug-likeness (QED) is 0.693. The Balaban J connectivity index is 4.53. The van der Waals surface area contributed by atoms with Crippen molar-refractivity contribution >= 4 is 9.84 Å². The zero-order chi connectivity index (χ0) is 11.2. The third kappa shape index (κ3) is 4.64. The molecule has 14 heavy (non-hydrogen) atoms. The fourth-order valence-corrected chi connectivity index (χ4v) is 1.97. The van der Waals surface area contributed by atoms with Crippen LogP contribution in [0.1, 0.15) is 27.2 Å². The van der Waals surface area contributed by atoms with Gasteiger partial charge >= 0.3 is 0 Å². The molecule has 0 saturated carbocycles. The van der Waals surface area contributed by atoms with Gasteiger partial charge in [-0.3, -0.25) is 0 Å². The van der Waals surface area contributed by atoms with E-state index < -0.39 is 9.84 Å². The third-order valence-corrected chi connectivity index (χ3v) is 3.89. The normalized spacial score (nSPS) is 15.4. The lowest BCUT2D eigenvalue weighted by molar-refractivity contribution is 0.504. The van der Waals surface area contributed by atoms with Gasteiger partial charge in [-0.15, -0.1) is 11.8 Å². The van der Waals surface area contributed by atoms with Crippen molar-refractivity contribution in [2.75, 3.05) is 12.8 Å². The molecule has 0 heterocycles. The maximum Gasteiger partial charge on any atom is 0.151 e. The summed E-state index contributed by atoms with van der Waals surface area (Å²) in [7, 11) is -2.98. The van der Waals surface area contributed by atoms with Crippen LogP contribution >= 0.6 is 0 Å². The summed E-state index contributed by atoms with van der Waals surface area (Å²) in [5.74, 6) is 5.69. The van der Waals surface area contributed by atoms with Gasteiger partial charge in [0.15, 0.2) is 9.84 Å². The van der Waals surface area contributed by atoms with Gasteiger partial charge in [0.1, 0.15) is 0 Å². The highest BCUT2D eigenvalue weighted by Crippen LogP contribution is 2.07. The first-order chi connectivity index (χ1) is 6.43. The summed E-state index contributed by atoms with van der Waals surface area (Å²) in [4.78, 5) is 0. The molecular formula is C10H19NO2S. The minimum absolute atomic E-state index is 0.0672. The van der Waals surface area contributed by atoms with Crippen molar-refractivity contribution in [3.63, 3.8) is 0 Å². The summed E-state index contributed by atoms with van der Waals surface area (Å²) in [6.45, 7) is 6.20. The maximum absolute atomic E-state index is 11.3. The van der Waals surface area contributed by atoms with E-state index in [1.807, 2.05) is 6.92 Å². The first kappa shape index (κ1) is 13.5. The molecule has 0 saturated heterocycles. The van der Waals surface area contributed by atoms with Gasteiger partial charge in [0.2, 0.25) is 0 Å². The Kier molecular flexibility index (Phi) is 5.82. The fourth-order valence-electron chi connectivity index (χ4n) is 1.18. The van der Waals surface area contributed by atoms with Gasteiger partial charge in [-0.05, 0) is 20.4 Å². The average molecular weight is 217 g/mol. The Morgan fingerprint density at radius 2 is 2.00 bits per heavy atom. The van der Waals surface area contributed by atoms with Crippen molar-refractivity contribution in [2.24, 2.45) is 0 Å². The molecule has 4 heteroatoms. The molecule has 0 aliphatic heterocycles. The van der Waals surface area contributed by atoms with Crippen LogP contribution in [0.15, 0.2) is 0 Å². The van der Waals surface area contributed by atoms with Crippen molar-refractivity contribution in [1.82, 2.24) is 5.32 Å². The molecule has 3 nitrogen and oxygen atoms in total. The first-order valence-electron chi connectivity index (χ1n) is 4.75. The second-order valence-electron chi connectivity index (χ2n) is 3.33. The summed E-state index contributed by atoms with van der Waals surface area (Å²) in [6.07, 6.45) is 1.85. The standard InChI is InChI=1S/C10H19NO2S/c1-5-7-8-10(11-6-2)9(3)14(4,12)13/h9-11H,6,8H2,1-4H3. The van der Waals surface area contributed by atoms with Crippen molar-refractivity contribution in [1.29, 1.82) is 0 Å². The van der Waals surface area contributed by atoms with Gasteiger partial charge in [-0.25, -0.2) is 8.42 Å². The topological polar surface area (TPSA) is 46.2 Å². The predicted octanol–water partition coefficient (Wildman–Crippen LogP) is 0.811. The van der Waals surface area contributed by atoms with E-state index in [2.05, 4.69) is 17.2 Å². The van der Waals surface area contributed by atoms with Gasteiger partial charge in [0, 0.05) is 18.7 Å². The number of hydrogen-bond acceptors (Lipinski definition) is 3. The van der Waals surface area contributed by atoms with Crippen LogP contribution < -0.4 is 5.32 Å². The smallest absolute Gasteiger partial charge is 0.151 e. The van der Waals surface area contributed by atoms with Crippen molar-refractivity contribution in [3.05, 3.63) is 0 Å².